The smallest absolute Gasteiger partial charge is 0.235 e. The van der Waals surface area contributed by atoms with Crippen LogP contribution in [0.5, 0.6) is 5.75 Å². The molecule has 1 N–H and O–H groups in total. The van der Waals surface area contributed by atoms with Crippen molar-refractivity contribution in [1.82, 2.24) is 5.32 Å². The van der Waals surface area contributed by atoms with E-state index >= 15 is 0 Å². The first-order valence-corrected chi connectivity index (χ1v) is 6.21. The number of amides is 1. The average Bonchev–Trinajstić information content (AvgIpc) is 3.08. The predicted octanol–water partition coefficient (Wildman–Crippen LogP) is 2.13. The first-order chi connectivity index (χ1) is 8.17. The zero-order chi connectivity index (χ0) is 12.3. The summed E-state index contributed by atoms with van der Waals surface area (Å²) in [5.41, 5.74) is 1.11. The van der Waals surface area contributed by atoms with Gasteiger partial charge in [-0.25, -0.2) is 0 Å². The molecule has 92 valence electrons. The third kappa shape index (κ3) is 3.13. The van der Waals surface area contributed by atoms with Crippen molar-refractivity contribution in [1.29, 1.82) is 0 Å². The molecule has 3 nitrogen and oxygen atoms in total. The number of methoxy groups -OCH3 is 1. The second kappa shape index (κ2) is 4.96. The van der Waals surface area contributed by atoms with E-state index in [1.54, 1.807) is 7.11 Å². The molecule has 4 heteroatoms. The van der Waals surface area contributed by atoms with Gasteiger partial charge in [0.1, 0.15) is 11.6 Å². The van der Waals surface area contributed by atoms with Crippen LogP contribution in [-0.2, 0) is 11.2 Å². The van der Waals surface area contributed by atoms with Gasteiger partial charge in [0.25, 0.3) is 0 Å². The number of alkyl halides is 1. The van der Waals surface area contributed by atoms with Crippen LogP contribution in [0.1, 0.15) is 18.4 Å². The summed E-state index contributed by atoms with van der Waals surface area (Å²) in [5, 5.41) is 2.99. The Hall–Kier alpha value is -1.22. The molecule has 1 amide bonds. The molecule has 2 rings (SSSR count). The molecule has 0 heterocycles. The zero-order valence-electron chi connectivity index (χ0n) is 9.83. The molecular formula is C13H16ClNO2. The van der Waals surface area contributed by atoms with Gasteiger partial charge in [-0.3, -0.25) is 4.79 Å². The average molecular weight is 254 g/mol. The van der Waals surface area contributed by atoms with E-state index in [-0.39, 0.29) is 17.3 Å². The van der Waals surface area contributed by atoms with Crippen LogP contribution in [0, 0.1) is 0 Å². The summed E-state index contributed by atoms with van der Waals surface area (Å²) in [6, 6.07) is 7.94. The zero-order valence-corrected chi connectivity index (χ0v) is 10.6. The number of hydrogen-bond donors (Lipinski definition) is 1. The van der Waals surface area contributed by atoms with Gasteiger partial charge in [-0.2, -0.15) is 0 Å². The Kier molecular flexibility index (Phi) is 3.57. The van der Waals surface area contributed by atoms with Gasteiger partial charge in [0, 0.05) is 5.54 Å². The summed E-state index contributed by atoms with van der Waals surface area (Å²) in [4.78, 5) is 11.3. The third-order valence-electron chi connectivity index (χ3n) is 3.06. The van der Waals surface area contributed by atoms with Crippen LogP contribution in [0.4, 0.5) is 0 Å². The maximum absolute atomic E-state index is 11.3. The molecule has 17 heavy (non-hydrogen) atoms. The lowest BCUT2D eigenvalue weighted by molar-refractivity contribution is -0.119. The second-order valence-electron chi connectivity index (χ2n) is 4.49. The number of rotatable bonds is 5. The molecule has 1 aromatic rings. The normalized spacial score (nSPS) is 16.4. The first kappa shape index (κ1) is 12.2. The van der Waals surface area contributed by atoms with Gasteiger partial charge in [-0.05, 0) is 37.0 Å². The van der Waals surface area contributed by atoms with Crippen LogP contribution in [0.25, 0.3) is 0 Å². The van der Waals surface area contributed by atoms with E-state index in [1.807, 2.05) is 18.2 Å². The van der Waals surface area contributed by atoms with Crippen molar-refractivity contribution in [2.45, 2.75) is 24.8 Å². The van der Waals surface area contributed by atoms with Crippen LogP contribution in [0.2, 0.25) is 0 Å². The van der Waals surface area contributed by atoms with E-state index < -0.39 is 0 Å². The summed E-state index contributed by atoms with van der Waals surface area (Å²) in [7, 11) is 1.65. The van der Waals surface area contributed by atoms with E-state index in [2.05, 4.69) is 11.4 Å². The summed E-state index contributed by atoms with van der Waals surface area (Å²) < 4.78 is 5.18. The molecule has 0 saturated heterocycles. The van der Waals surface area contributed by atoms with Crippen molar-refractivity contribution >= 4 is 17.5 Å². The maximum atomic E-state index is 11.3. The molecule has 0 aliphatic heterocycles. The standard InChI is InChI=1S/C13H16ClNO2/c1-17-11-4-2-3-10(7-11)8-13(5-6-13)15-12(16)9-14/h2-4,7H,5-6,8-9H2,1H3,(H,15,16). The van der Waals surface area contributed by atoms with Gasteiger partial charge in [0.2, 0.25) is 5.91 Å². The van der Waals surface area contributed by atoms with E-state index in [0.29, 0.717) is 0 Å². The first-order valence-electron chi connectivity index (χ1n) is 5.67. The Morgan fingerprint density at radius 3 is 2.88 bits per heavy atom. The third-order valence-corrected chi connectivity index (χ3v) is 3.30. The lowest BCUT2D eigenvalue weighted by Gasteiger charge is -2.17. The summed E-state index contributed by atoms with van der Waals surface area (Å²) in [6.45, 7) is 0. The minimum atomic E-state index is -0.0907. The van der Waals surface area contributed by atoms with Crippen LogP contribution in [0.15, 0.2) is 24.3 Å². The largest absolute Gasteiger partial charge is 0.497 e. The molecule has 0 unspecified atom stereocenters. The number of carbonyl (C=O) groups excluding carboxylic acids is 1. The molecule has 0 bridgehead atoms. The van der Waals surface area contributed by atoms with E-state index in [9.17, 15) is 4.79 Å². The lowest BCUT2D eigenvalue weighted by Crippen LogP contribution is -2.39. The van der Waals surface area contributed by atoms with Crippen molar-refractivity contribution in [2.75, 3.05) is 13.0 Å². The summed E-state index contributed by atoms with van der Waals surface area (Å²) in [5.74, 6) is 0.786. The molecule has 0 atom stereocenters. The SMILES string of the molecule is COc1cccc(CC2(NC(=O)CCl)CC2)c1. The number of carbonyl (C=O) groups is 1. The van der Waals surface area contributed by atoms with Crippen molar-refractivity contribution < 1.29 is 9.53 Å². The van der Waals surface area contributed by atoms with E-state index in [4.69, 9.17) is 16.3 Å². The molecule has 1 aromatic carbocycles. The molecule has 1 aliphatic rings. The topological polar surface area (TPSA) is 38.3 Å². The molecule has 0 radical (unpaired) electrons. The van der Waals surface area contributed by atoms with Crippen molar-refractivity contribution in [3.8, 4) is 5.75 Å². The highest BCUT2D eigenvalue weighted by Gasteiger charge is 2.43. The second-order valence-corrected chi connectivity index (χ2v) is 4.76. The van der Waals surface area contributed by atoms with Gasteiger partial charge in [0.15, 0.2) is 0 Å². The van der Waals surface area contributed by atoms with Crippen LogP contribution in [0.3, 0.4) is 0 Å². The Morgan fingerprint density at radius 1 is 1.53 bits per heavy atom. The lowest BCUT2D eigenvalue weighted by atomic mass is 10.0. The molecule has 1 saturated carbocycles. The Bertz CT molecular complexity index is 416. The van der Waals surface area contributed by atoms with Crippen molar-refractivity contribution in [3.05, 3.63) is 29.8 Å². The highest BCUT2D eigenvalue weighted by molar-refractivity contribution is 6.27. The van der Waals surface area contributed by atoms with E-state index in [1.165, 1.54) is 5.56 Å². The quantitative estimate of drug-likeness (QED) is 0.817. The maximum Gasteiger partial charge on any atom is 0.235 e. The van der Waals surface area contributed by atoms with E-state index in [0.717, 1.165) is 25.0 Å². The highest BCUT2D eigenvalue weighted by Crippen LogP contribution is 2.39. The van der Waals surface area contributed by atoms with Crippen molar-refractivity contribution in [3.63, 3.8) is 0 Å². The number of hydrogen-bond acceptors (Lipinski definition) is 2. The van der Waals surface area contributed by atoms with Crippen LogP contribution < -0.4 is 10.1 Å². The molecular weight excluding hydrogens is 238 g/mol. The molecule has 0 aromatic heterocycles. The van der Waals surface area contributed by atoms with Gasteiger partial charge in [0.05, 0.1) is 7.11 Å². The van der Waals surface area contributed by atoms with Gasteiger partial charge < -0.3 is 10.1 Å². The van der Waals surface area contributed by atoms with Crippen LogP contribution in [-0.4, -0.2) is 24.4 Å². The summed E-state index contributed by atoms with van der Waals surface area (Å²) in [6.07, 6.45) is 2.88. The predicted molar refractivity (Wildman–Crippen MR) is 67.5 cm³/mol. The Labute approximate surface area is 106 Å². The summed E-state index contributed by atoms with van der Waals surface area (Å²) >= 11 is 5.50. The fourth-order valence-corrected chi connectivity index (χ4v) is 2.07. The number of halogens is 1. The molecule has 0 spiro atoms. The van der Waals surface area contributed by atoms with Gasteiger partial charge in [-0.1, -0.05) is 12.1 Å². The monoisotopic (exact) mass is 253 g/mol. The van der Waals surface area contributed by atoms with Crippen LogP contribution >= 0.6 is 11.6 Å². The number of nitrogens with one attached hydrogen (secondary N) is 1. The Balaban J connectivity index is 2.02. The van der Waals surface area contributed by atoms with Gasteiger partial charge >= 0.3 is 0 Å². The molecule has 1 aliphatic carbocycles. The van der Waals surface area contributed by atoms with Gasteiger partial charge in [-0.15, -0.1) is 11.6 Å². The Morgan fingerprint density at radius 2 is 2.29 bits per heavy atom. The minimum absolute atomic E-state index is 0.0276. The fourth-order valence-electron chi connectivity index (χ4n) is 2.00. The fraction of sp³-hybridized carbons (Fsp3) is 0.462. The highest BCUT2D eigenvalue weighted by atomic mass is 35.5. The molecule has 1 fully saturated rings. The number of benzene rings is 1. The number of ether oxygens (including phenoxy) is 1. The van der Waals surface area contributed by atoms with Crippen molar-refractivity contribution in [2.24, 2.45) is 0 Å². The minimum Gasteiger partial charge on any atom is -0.497 e.